The molecular weight excluding hydrogens is 280 g/mol. The van der Waals surface area contributed by atoms with Crippen molar-refractivity contribution in [1.29, 1.82) is 0 Å². The van der Waals surface area contributed by atoms with Crippen molar-refractivity contribution in [1.82, 2.24) is 4.90 Å². The van der Waals surface area contributed by atoms with Gasteiger partial charge in [0, 0.05) is 13.6 Å². The van der Waals surface area contributed by atoms with Crippen LogP contribution in [0.5, 0.6) is 0 Å². The van der Waals surface area contributed by atoms with Crippen LogP contribution in [0.3, 0.4) is 0 Å². The Balaban J connectivity index is 2.82. The quantitative estimate of drug-likeness (QED) is 0.631. The average molecular weight is 292 g/mol. The fraction of sp³-hybridized carbons (Fsp3) is 0.333. The number of ether oxygens (including phenoxy) is 1. The second kappa shape index (κ2) is 6.47. The van der Waals surface area contributed by atoms with Gasteiger partial charge in [0.15, 0.2) is 0 Å². The number of methoxy groups -OCH3 is 1. The Kier molecular flexibility index (Phi) is 5.23. The van der Waals surface area contributed by atoms with Crippen LogP contribution in [0.15, 0.2) is 12.1 Å². The van der Waals surface area contributed by atoms with Gasteiger partial charge in [-0.2, -0.15) is 0 Å². The van der Waals surface area contributed by atoms with Crippen molar-refractivity contribution in [2.45, 2.75) is 6.42 Å². The standard InChI is InChI=1S/C12H12ClF2NO3/c1-16(4-3-11(17)19-2)12(18)7-5-10(15)8(13)6-9(7)14/h5-6H,3-4H2,1-2H3. The van der Waals surface area contributed by atoms with E-state index in [9.17, 15) is 18.4 Å². The van der Waals surface area contributed by atoms with Crippen LogP contribution in [0.1, 0.15) is 16.8 Å². The van der Waals surface area contributed by atoms with Crippen molar-refractivity contribution < 1.29 is 23.1 Å². The number of nitrogens with zero attached hydrogens (tertiary/aromatic N) is 1. The number of amides is 1. The summed E-state index contributed by atoms with van der Waals surface area (Å²) >= 11 is 5.39. The summed E-state index contributed by atoms with van der Waals surface area (Å²) in [6, 6.07) is 1.47. The zero-order chi connectivity index (χ0) is 14.6. The van der Waals surface area contributed by atoms with Gasteiger partial charge in [0.1, 0.15) is 11.6 Å². The minimum atomic E-state index is -0.915. The molecule has 1 aromatic rings. The van der Waals surface area contributed by atoms with Crippen molar-refractivity contribution in [3.05, 3.63) is 34.4 Å². The van der Waals surface area contributed by atoms with E-state index in [2.05, 4.69) is 4.74 Å². The van der Waals surface area contributed by atoms with Crippen LogP contribution >= 0.6 is 11.6 Å². The normalized spacial score (nSPS) is 10.2. The van der Waals surface area contributed by atoms with Crippen LogP contribution in [-0.4, -0.2) is 37.5 Å². The summed E-state index contributed by atoms with van der Waals surface area (Å²) < 4.78 is 31.1. The van der Waals surface area contributed by atoms with E-state index in [-0.39, 0.29) is 13.0 Å². The van der Waals surface area contributed by atoms with Gasteiger partial charge in [-0.3, -0.25) is 9.59 Å². The average Bonchev–Trinajstić information content (AvgIpc) is 2.38. The molecule has 0 radical (unpaired) electrons. The molecule has 0 aliphatic rings. The van der Waals surface area contributed by atoms with Gasteiger partial charge in [-0.05, 0) is 12.1 Å². The summed E-state index contributed by atoms with van der Waals surface area (Å²) in [5.74, 6) is -3.03. The molecule has 0 heterocycles. The van der Waals surface area contributed by atoms with E-state index >= 15 is 0 Å². The maximum absolute atomic E-state index is 13.5. The predicted molar refractivity (Wildman–Crippen MR) is 65.0 cm³/mol. The number of rotatable bonds is 4. The first-order chi connectivity index (χ1) is 8.86. The van der Waals surface area contributed by atoms with Crippen LogP contribution in [-0.2, 0) is 9.53 Å². The number of benzene rings is 1. The highest BCUT2D eigenvalue weighted by Crippen LogP contribution is 2.20. The minimum absolute atomic E-state index is 0.0313. The van der Waals surface area contributed by atoms with Gasteiger partial charge in [0.05, 0.1) is 24.1 Å². The molecule has 0 N–H and O–H groups in total. The highest BCUT2D eigenvalue weighted by molar-refractivity contribution is 6.30. The summed E-state index contributed by atoms with van der Waals surface area (Å²) in [6.07, 6.45) is -0.0313. The third-order valence-electron chi connectivity index (χ3n) is 2.47. The van der Waals surface area contributed by atoms with Gasteiger partial charge in [-0.15, -0.1) is 0 Å². The number of carbonyl (C=O) groups is 2. The Morgan fingerprint density at radius 1 is 1.32 bits per heavy atom. The minimum Gasteiger partial charge on any atom is -0.469 e. The number of halogens is 3. The fourth-order valence-corrected chi connectivity index (χ4v) is 1.51. The lowest BCUT2D eigenvalue weighted by molar-refractivity contribution is -0.140. The van der Waals surface area contributed by atoms with Crippen molar-refractivity contribution >= 4 is 23.5 Å². The zero-order valence-electron chi connectivity index (χ0n) is 10.4. The van der Waals surface area contributed by atoms with Gasteiger partial charge in [-0.1, -0.05) is 11.6 Å². The zero-order valence-corrected chi connectivity index (χ0v) is 11.1. The summed E-state index contributed by atoms with van der Waals surface area (Å²) in [6.45, 7) is 0.0369. The Labute approximate surface area is 113 Å². The molecule has 1 rings (SSSR count). The molecule has 0 unspecified atom stereocenters. The lowest BCUT2D eigenvalue weighted by Gasteiger charge is -2.17. The first-order valence-electron chi connectivity index (χ1n) is 5.33. The van der Waals surface area contributed by atoms with Crippen molar-refractivity contribution in [2.24, 2.45) is 0 Å². The number of carbonyl (C=O) groups excluding carboxylic acids is 2. The number of esters is 1. The monoisotopic (exact) mass is 291 g/mol. The molecule has 1 aromatic carbocycles. The van der Waals surface area contributed by atoms with Crippen LogP contribution < -0.4 is 0 Å². The third-order valence-corrected chi connectivity index (χ3v) is 2.76. The third kappa shape index (κ3) is 3.89. The lowest BCUT2D eigenvalue weighted by Crippen LogP contribution is -2.30. The molecule has 7 heteroatoms. The largest absolute Gasteiger partial charge is 0.469 e. The van der Waals surface area contributed by atoms with E-state index in [1.54, 1.807) is 0 Å². The van der Waals surface area contributed by atoms with E-state index in [4.69, 9.17) is 11.6 Å². The molecule has 19 heavy (non-hydrogen) atoms. The van der Waals surface area contributed by atoms with Crippen LogP contribution in [0.25, 0.3) is 0 Å². The summed E-state index contributed by atoms with van der Waals surface area (Å²) in [4.78, 5) is 23.9. The molecule has 1 amide bonds. The van der Waals surface area contributed by atoms with E-state index in [0.29, 0.717) is 0 Å². The number of hydrogen-bond acceptors (Lipinski definition) is 3. The fourth-order valence-electron chi connectivity index (χ4n) is 1.35. The molecule has 0 aliphatic heterocycles. The molecule has 0 aliphatic carbocycles. The van der Waals surface area contributed by atoms with Crippen LogP contribution in [0, 0.1) is 11.6 Å². The predicted octanol–water partition coefficient (Wildman–Crippen LogP) is 2.25. The Hall–Kier alpha value is -1.69. The van der Waals surface area contributed by atoms with Crippen molar-refractivity contribution in [3.8, 4) is 0 Å². The molecule has 104 valence electrons. The van der Waals surface area contributed by atoms with Gasteiger partial charge < -0.3 is 9.64 Å². The molecule has 0 atom stereocenters. The second-order valence-corrected chi connectivity index (χ2v) is 4.21. The summed E-state index contributed by atoms with van der Waals surface area (Å²) in [5, 5.41) is -0.397. The van der Waals surface area contributed by atoms with E-state index in [1.807, 2.05) is 0 Å². The van der Waals surface area contributed by atoms with Crippen molar-refractivity contribution in [2.75, 3.05) is 20.7 Å². The summed E-state index contributed by atoms with van der Waals surface area (Å²) in [5.41, 5.74) is -0.436. The van der Waals surface area contributed by atoms with E-state index < -0.39 is 34.1 Å². The number of hydrogen-bond donors (Lipinski definition) is 0. The highest BCUT2D eigenvalue weighted by Gasteiger charge is 2.19. The topological polar surface area (TPSA) is 46.6 Å². The molecule has 0 spiro atoms. The van der Waals surface area contributed by atoms with Gasteiger partial charge in [-0.25, -0.2) is 8.78 Å². The first-order valence-corrected chi connectivity index (χ1v) is 5.71. The Morgan fingerprint density at radius 3 is 2.53 bits per heavy atom. The molecule has 4 nitrogen and oxygen atoms in total. The molecule has 0 bridgehead atoms. The SMILES string of the molecule is COC(=O)CCN(C)C(=O)c1cc(F)c(Cl)cc1F. The Morgan fingerprint density at radius 2 is 1.95 bits per heavy atom. The maximum atomic E-state index is 13.5. The molecule has 0 fully saturated rings. The molecule has 0 saturated carbocycles. The van der Waals surface area contributed by atoms with E-state index in [0.717, 1.165) is 17.0 Å². The smallest absolute Gasteiger partial charge is 0.307 e. The second-order valence-electron chi connectivity index (χ2n) is 3.80. The van der Waals surface area contributed by atoms with E-state index in [1.165, 1.54) is 14.2 Å². The van der Waals surface area contributed by atoms with Crippen molar-refractivity contribution in [3.63, 3.8) is 0 Å². The van der Waals surface area contributed by atoms with Crippen LogP contribution in [0.2, 0.25) is 5.02 Å². The molecule has 0 aromatic heterocycles. The van der Waals surface area contributed by atoms with Gasteiger partial charge >= 0.3 is 5.97 Å². The first kappa shape index (κ1) is 15.4. The highest BCUT2D eigenvalue weighted by atomic mass is 35.5. The molecular formula is C12H12ClF2NO3. The Bertz CT molecular complexity index is 508. The van der Waals surface area contributed by atoms with Crippen LogP contribution in [0.4, 0.5) is 8.78 Å². The maximum Gasteiger partial charge on any atom is 0.307 e. The summed E-state index contributed by atoms with van der Waals surface area (Å²) in [7, 11) is 2.59. The molecule has 0 saturated heterocycles. The lowest BCUT2D eigenvalue weighted by atomic mass is 10.1. The van der Waals surface area contributed by atoms with Gasteiger partial charge in [0.25, 0.3) is 5.91 Å². The van der Waals surface area contributed by atoms with Gasteiger partial charge in [0.2, 0.25) is 0 Å².